The van der Waals surface area contributed by atoms with Gasteiger partial charge < -0.3 is 18.4 Å². The fourth-order valence-corrected chi connectivity index (χ4v) is 10.2. The van der Waals surface area contributed by atoms with Crippen molar-refractivity contribution in [3.8, 4) is 0 Å². The molecule has 10 nitrogen and oxygen atoms in total. The summed E-state index contributed by atoms with van der Waals surface area (Å²) in [4.78, 5) is 48.2. The van der Waals surface area contributed by atoms with Crippen LogP contribution >= 0.6 is 0 Å². The summed E-state index contributed by atoms with van der Waals surface area (Å²) in [7, 11) is -4.76. The van der Waals surface area contributed by atoms with Crippen molar-refractivity contribution in [2.24, 2.45) is 0 Å². The summed E-state index contributed by atoms with van der Waals surface area (Å²) in [6, 6.07) is 0.687. The van der Waals surface area contributed by atoms with E-state index in [-0.39, 0.29) is 31.8 Å². The van der Waals surface area contributed by atoms with Gasteiger partial charge in [-0.3, -0.25) is 0 Å². The molecule has 0 saturated carbocycles. The third kappa shape index (κ3) is 5.61. The molecule has 12 heteroatoms. The van der Waals surface area contributed by atoms with Crippen molar-refractivity contribution in [3.05, 3.63) is 31.5 Å². The lowest BCUT2D eigenvalue weighted by Crippen LogP contribution is -2.55. The topological polar surface area (TPSA) is 121 Å². The van der Waals surface area contributed by atoms with Crippen LogP contribution in [0.2, 0.25) is 32.2 Å². The highest BCUT2D eigenvalue weighted by atomic mass is 28.4. The minimum atomic E-state index is -2.64. The van der Waals surface area contributed by atoms with E-state index in [1.807, 2.05) is 13.1 Å². The minimum Gasteiger partial charge on any atom is -0.436 e. The fourth-order valence-electron chi connectivity index (χ4n) is 3.33. The van der Waals surface area contributed by atoms with Crippen LogP contribution in [0, 0.1) is 0 Å². The Morgan fingerprint density at radius 2 is 1.36 bits per heavy atom. The molecule has 0 bridgehead atoms. The molecule has 3 heterocycles. The third-order valence-corrected chi connectivity index (χ3v) is 10.4. The smallest absolute Gasteiger partial charge is 0.336 e. The molecule has 0 amide bonds. The predicted octanol–water partition coefficient (Wildman–Crippen LogP) is -0.725. The molecular weight excluding hydrogens is 402 g/mol. The normalized spacial score (nSPS) is 21.8. The quantitative estimate of drug-likeness (QED) is 0.383. The molecule has 3 rings (SSSR count). The number of nitrogens with zero attached hydrogens (tertiary/aromatic N) is 3. The number of ether oxygens (including phenoxy) is 2. The molecule has 0 spiro atoms. The van der Waals surface area contributed by atoms with Gasteiger partial charge in [0.05, 0.1) is 38.5 Å². The Morgan fingerprint density at radius 3 is 1.75 bits per heavy atom. The molecule has 2 atom stereocenters. The van der Waals surface area contributed by atoms with E-state index in [0.717, 1.165) is 13.7 Å². The van der Waals surface area contributed by atoms with E-state index in [0.29, 0.717) is 25.7 Å². The fraction of sp³-hybridized carbons (Fsp3) is 0.812. The highest BCUT2D eigenvalue weighted by molar-refractivity contribution is 6.81. The zero-order chi connectivity index (χ0) is 20.7. The molecule has 1 aromatic heterocycles. The van der Waals surface area contributed by atoms with Crippen LogP contribution in [0.1, 0.15) is 6.42 Å². The van der Waals surface area contributed by atoms with E-state index < -0.39 is 33.9 Å². The Labute approximate surface area is 164 Å². The molecule has 0 radical (unpaired) electrons. The first-order valence-electron chi connectivity index (χ1n) is 9.57. The van der Waals surface area contributed by atoms with Crippen molar-refractivity contribution >= 4 is 16.9 Å². The summed E-state index contributed by atoms with van der Waals surface area (Å²) in [5.74, 6) is 0. The number of epoxide rings is 2. The average molecular weight is 432 g/mol. The molecule has 2 saturated heterocycles. The van der Waals surface area contributed by atoms with Crippen molar-refractivity contribution in [1.82, 2.24) is 13.7 Å². The average Bonchev–Trinajstić information content (AvgIpc) is 3.44. The van der Waals surface area contributed by atoms with Crippen LogP contribution in [-0.2, 0) is 33.2 Å². The summed E-state index contributed by atoms with van der Waals surface area (Å²) in [6.45, 7) is 8.98. The van der Waals surface area contributed by atoms with Gasteiger partial charge in [-0.25, -0.2) is 28.1 Å². The second kappa shape index (κ2) is 7.84. The predicted molar refractivity (Wildman–Crippen MR) is 106 cm³/mol. The van der Waals surface area contributed by atoms with Gasteiger partial charge in [-0.2, -0.15) is 0 Å². The maximum atomic E-state index is 12.8. The number of aromatic nitrogens is 3. The lowest BCUT2D eigenvalue weighted by molar-refractivity contribution is 0.339. The summed E-state index contributed by atoms with van der Waals surface area (Å²) < 4.78 is 19.5. The molecule has 2 fully saturated rings. The van der Waals surface area contributed by atoms with Gasteiger partial charge in [0.1, 0.15) is 0 Å². The van der Waals surface area contributed by atoms with Gasteiger partial charge in [0.2, 0.25) is 0 Å². The van der Waals surface area contributed by atoms with Crippen LogP contribution < -0.4 is 17.1 Å². The van der Waals surface area contributed by atoms with Crippen molar-refractivity contribution < 1.29 is 18.4 Å². The summed E-state index contributed by atoms with van der Waals surface area (Å²) in [5, 5.41) is 0. The van der Waals surface area contributed by atoms with Gasteiger partial charge in [0.25, 0.3) is 0 Å². The van der Waals surface area contributed by atoms with Gasteiger partial charge in [0.15, 0.2) is 8.32 Å². The number of rotatable bonds is 10. The first-order valence-corrected chi connectivity index (χ1v) is 15.5. The standard InChI is InChI=1S/C16H29N3O7Si2/c1-27(2,26-28(3,4)23)7-5-6-17-14(20)18(8-12-10-24-12)16(22)19(15(17)21)9-13-11-25-13/h12-13,23H,5-11H2,1-4H3. The van der Waals surface area contributed by atoms with Crippen LogP contribution in [0.5, 0.6) is 0 Å². The highest BCUT2D eigenvalue weighted by Gasteiger charge is 2.32. The Morgan fingerprint density at radius 1 is 0.929 bits per heavy atom. The van der Waals surface area contributed by atoms with Gasteiger partial charge in [-0.05, 0) is 38.7 Å². The second-order valence-electron chi connectivity index (χ2n) is 8.54. The van der Waals surface area contributed by atoms with E-state index in [1.165, 1.54) is 0 Å². The van der Waals surface area contributed by atoms with Crippen molar-refractivity contribution in [1.29, 1.82) is 0 Å². The van der Waals surface area contributed by atoms with E-state index >= 15 is 0 Å². The van der Waals surface area contributed by atoms with Crippen LogP contribution in [0.15, 0.2) is 14.4 Å². The SMILES string of the molecule is C[Si](C)(O)O[Si](C)(C)CCCn1c(=O)n(CC2CO2)c(=O)n(CC2CO2)c1=O. The van der Waals surface area contributed by atoms with Crippen LogP contribution in [0.3, 0.4) is 0 Å². The minimum absolute atomic E-state index is 0.150. The number of hydrogen-bond donors (Lipinski definition) is 1. The van der Waals surface area contributed by atoms with E-state index in [1.54, 1.807) is 13.1 Å². The largest absolute Gasteiger partial charge is 0.436 e. The van der Waals surface area contributed by atoms with Crippen LogP contribution in [0.4, 0.5) is 0 Å². The Kier molecular flexibility index (Phi) is 5.99. The second-order valence-corrected chi connectivity index (χ2v) is 16.3. The molecule has 0 aliphatic carbocycles. The van der Waals surface area contributed by atoms with Crippen molar-refractivity contribution in [3.63, 3.8) is 0 Å². The molecule has 2 unspecified atom stereocenters. The molecule has 2 aliphatic rings. The van der Waals surface area contributed by atoms with Crippen molar-refractivity contribution in [2.45, 2.75) is 70.5 Å². The maximum absolute atomic E-state index is 12.8. The molecule has 1 N–H and O–H groups in total. The zero-order valence-corrected chi connectivity index (χ0v) is 18.8. The third-order valence-electron chi connectivity index (χ3n) is 4.65. The Hall–Kier alpha value is -1.32. The molecule has 28 heavy (non-hydrogen) atoms. The van der Waals surface area contributed by atoms with Crippen LogP contribution in [0.25, 0.3) is 0 Å². The lowest BCUT2D eigenvalue weighted by atomic mass is 10.4. The Bertz CT molecular complexity index is 839. The molecule has 0 aromatic carbocycles. The number of hydrogen-bond acceptors (Lipinski definition) is 7. The van der Waals surface area contributed by atoms with Gasteiger partial charge in [-0.15, -0.1) is 0 Å². The van der Waals surface area contributed by atoms with Gasteiger partial charge in [-0.1, -0.05) is 0 Å². The lowest BCUT2D eigenvalue weighted by Gasteiger charge is -2.29. The van der Waals surface area contributed by atoms with E-state index in [2.05, 4.69) is 0 Å². The van der Waals surface area contributed by atoms with E-state index in [4.69, 9.17) is 13.6 Å². The first-order chi connectivity index (χ1) is 13.0. The van der Waals surface area contributed by atoms with Crippen molar-refractivity contribution in [2.75, 3.05) is 13.2 Å². The maximum Gasteiger partial charge on any atom is 0.336 e. The molecule has 2 aliphatic heterocycles. The van der Waals surface area contributed by atoms with Gasteiger partial charge in [0, 0.05) is 6.54 Å². The van der Waals surface area contributed by atoms with Crippen LogP contribution in [-0.4, -0.2) is 60.8 Å². The summed E-state index contributed by atoms with van der Waals surface area (Å²) >= 11 is 0. The molecule has 158 valence electrons. The van der Waals surface area contributed by atoms with E-state index in [9.17, 15) is 19.2 Å². The zero-order valence-electron chi connectivity index (χ0n) is 16.8. The van der Waals surface area contributed by atoms with Gasteiger partial charge >= 0.3 is 25.6 Å². The summed E-state index contributed by atoms with van der Waals surface area (Å²) in [5.41, 5.74) is -1.81. The Balaban J connectivity index is 1.82. The highest BCUT2D eigenvalue weighted by Crippen LogP contribution is 2.18. The monoisotopic (exact) mass is 431 g/mol. The molecule has 1 aromatic rings. The first kappa shape index (κ1) is 21.4. The molecular formula is C16H29N3O7Si2. The summed E-state index contributed by atoms with van der Waals surface area (Å²) in [6.07, 6.45) is 0.244.